The highest BCUT2D eigenvalue weighted by atomic mass is 28.4. The van der Waals surface area contributed by atoms with Crippen molar-refractivity contribution in [2.45, 2.75) is 66.0 Å². The molecule has 6 heteroatoms. The van der Waals surface area contributed by atoms with E-state index in [4.69, 9.17) is 18.0 Å². The molecule has 0 aliphatic rings. The van der Waals surface area contributed by atoms with Crippen LogP contribution >= 0.6 is 0 Å². The van der Waals surface area contributed by atoms with Crippen molar-refractivity contribution in [1.82, 2.24) is 0 Å². The van der Waals surface area contributed by atoms with Crippen LogP contribution in [0.15, 0.2) is 12.2 Å². The van der Waals surface area contributed by atoms with Gasteiger partial charge < -0.3 is 18.0 Å². The quantitative estimate of drug-likeness (QED) is 0.223. The van der Waals surface area contributed by atoms with E-state index in [0.717, 1.165) is 25.3 Å². The van der Waals surface area contributed by atoms with E-state index in [2.05, 4.69) is 13.5 Å². The Hall–Kier alpha value is -0.693. The lowest BCUT2D eigenvalue weighted by molar-refractivity contribution is -0.139. The molecule has 0 rings (SSSR count). The number of esters is 1. The van der Waals surface area contributed by atoms with Crippen molar-refractivity contribution >= 4 is 14.8 Å². The maximum atomic E-state index is 11.3. The molecule has 5 nitrogen and oxygen atoms in total. The minimum absolute atomic E-state index is 0.0137. The molecule has 0 fully saturated rings. The molecule has 0 bridgehead atoms. The SMILES string of the molecule is C=C(C)C(=O)OCCCC(C)O[Si](CCC)(OCC)OCC. The van der Waals surface area contributed by atoms with Crippen LogP contribution in [0.5, 0.6) is 0 Å². The van der Waals surface area contributed by atoms with E-state index < -0.39 is 8.80 Å². The Morgan fingerprint density at radius 2 is 1.77 bits per heavy atom. The van der Waals surface area contributed by atoms with Gasteiger partial charge in [0.25, 0.3) is 0 Å². The standard InChI is InChI=1S/C16H32O5Si/c1-7-13-22(19-8-2,20-9-3)21-15(6)11-10-12-18-16(17)14(4)5/h15H,4,7-13H2,1-3,5-6H3. The average molecular weight is 333 g/mol. The molecule has 0 heterocycles. The van der Waals surface area contributed by atoms with Crippen LogP contribution in [0.4, 0.5) is 0 Å². The van der Waals surface area contributed by atoms with Gasteiger partial charge in [0, 0.05) is 30.9 Å². The summed E-state index contributed by atoms with van der Waals surface area (Å²) in [7, 11) is -2.58. The van der Waals surface area contributed by atoms with Crippen LogP contribution in [0.25, 0.3) is 0 Å². The van der Waals surface area contributed by atoms with Crippen molar-refractivity contribution in [3.8, 4) is 0 Å². The Bertz CT molecular complexity index is 315. The molecule has 0 aromatic carbocycles. The molecule has 0 aromatic rings. The topological polar surface area (TPSA) is 54.0 Å². The Labute approximate surface area is 136 Å². The molecule has 0 N–H and O–H groups in total. The third kappa shape index (κ3) is 8.68. The molecule has 0 saturated heterocycles. The fraction of sp³-hybridized carbons (Fsp3) is 0.812. The van der Waals surface area contributed by atoms with Crippen molar-refractivity contribution in [1.29, 1.82) is 0 Å². The van der Waals surface area contributed by atoms with E-state index in [1.165, 1.54) is 0 Å². The first-order valence-corrected chi connectivity index (χ1v) is 10.1. The second kappa shape index (κ2) is 11.8. The Balaban J connectivity index is 4.29. The van der Waals surface area contributed by atoms with E-state index in [0.29, 0.717) is 25.4 Å². The second-order valence-electron chi connectivity index (χ2n) is 5.29. The molecule has 1 unspecified atom stereocenters. The molecule has 0 aliphatic carbocycles. The Morgan fingerprint density at radius 1 is 1.18 bits per heavy atom. The third-order valence-corrected chi connectivity index (χ3v) is 6.33. The molecule has 0 radical (unpaired) electrons. The van der Waals surface area contributed by atoms with E-state index in [1.54, 1.807) is 6.92 Å². The number of hydrogen-bond acceptors (Lipinski definition) is 5. The molecule has 0 saturated carbocycles. The van der Waals surface area contributed by atoms with E-state index in [9.17, 15) is 4.79 Å². The summed E-state index contributed by atoms with van der Waals surface area (Å²) in [6, 6.07) is 0.823. The normalized spacial score (nSPS) is 13.0. The molecule has 0 spiro atoms. The van der Waals surface area contributed by atoms with Gasteiger partial charge in [0.15, 0.2) is 0 Å². The van der Waals surface area contributed by atoms with Gasteiger partial charge in [-0.15, -0.1) is 0 Å². The first-order valence-electron chi connectivity index (χ1n) is 8.19. The van der Waals surface area contributed by atoms with Crippen molar-refractivity contribution in [3.05, 3.63) is 12.2 Å². The zero-order valence-electron chi connectivity index (χ0n) is 14.8. The van der Waals surface area contributed by atoms with Crippen LogP contribution in [0.1, 0.15) is 53.9 Å². The van der Waals surface area contributed by atoms with Gasteiger partial charge in [-0.1, -0.05) is 19.9 Å². The summed E-state index contributed by atoms with van der Waals surface area (Å²) < 4.78 is 22.9. The van der Waals surface area contributed by atoms with E-state index in [-0.39, 0.29) is 12.1 Å². The van der Waals surface area contributed by atoms with Gasteiger partial charge >= 0.3 is 14.8 Å². The predicted molar refractivity (Wildman–Crippen MR) is 89.7 cm³/mol. The van der Waals surface area contributed by atoms with Crippen LogP contribution in [-0.2, 0) is 22.8 Å². The zero-order valence-corrected chi connectivity index (χ0v) is 15.8. The molecule has 1 atom stereocenters. The number of carbonyl (C=O) groups is 1. The maximum Gasteiger partial charge on any atom is 0.501 e. The molecule has 0 aromatic heterocycles. The molecule has 22 heavy (non-hydrogen) atoms. The lowest BCUT2D eigenvalue weighted by Crippen LogP contribution is -2.48. The second-order valence-corrected chi connectivity index (χ2v) is 7.97. The Kier molecular flexibility index (Phi) is 11.4. The first-order chi connectivity index (χ1) is 10.4. The van der Waals surface area contributed by atoms with Crippen LogP contribution < -0.4 is 0 Å². The minimum Gasteiger partial charge on any atom is -0.462 e. The fourth-order valence-electron chi connectivity index (χ4n) is 2.08. The third-order valence-electron chi connectivity index (χ3n) is 3.00. The number of ether oxygens (including phenoxy) is 1. The monoisotopic (exact) mass is 332 g/mol. The first kappa shape index (κ1) is 21.3. The summed E-state index contributed by atoms with van der Waals surface area (Å²) in [5.74, 6) is -0.341. The minimum atomic E-state index is -2.58. The summed E-state index contributed by atoms with van der Waals surface area (Å²) in [5, 5.41) is 0. The number of hydrogen-bond donors (Lipinski definition) is 0. The molecule has 130 valence electrons. The van der Waals surface area contributed by atoms with Gasteiger partial charge in [-0.05, 0) is 40.5 Å². The van der Waals surface area contributed by atoms with Crippen molar-refractivity contribution in [2.24, 2.45) is 0 Å². The van der Waals surface area contributed by atoms with Crippen LogP contribution in [-0.4, -0.2) is 40.7 Å². The van der Waals surface area contributed by atoms with Crippen LogP contribution in [0.2, 0.25) is 6.04 Å². The molecular weight excluding hydrogens is 300 g/mol. The van der Waals surface area contributed by atoms with Gasteiger partial charge in [0.2, 0.25) is 0 Å². The van der Waals surface area contributed by atoms with Crippen molar-refractivity contribution < 1.29 is 22.8 Å². The van der Waals surface area contributed by atoms with E-state index in [1.807, 2.05) is 20.8 Å². The highest BCUT2D eigenvalue weighted by Gasteiger charge is 2.41. The van der Waals surface area contributed by atoms with Crippen molar-refractivity contribution in [2.75, 3.05) is 19.8 Å². The summed E-state index contributed by atoms with van der Waals surface area (Å²) in [4.78, 5) is 11.3. The lowest BCUT2D eigenvalue weighted by Gasteiger charge is -2.31. The van der Waals surface area contributed by atoms with Gasteiger partial charge in [-0.3, -0.25) is 0 Å². The average Bonchev–Trinajstić information content (AvgIpc) is 2.44. The van der Waals surface area contributed by atoms with Crippen LogP contribution in [0, 0.1) is 0 Å². The Morgan fingerprint density at radius 3 is 2.23 bits per heavy atom. The molecule has 0 amide bonds. The van der Waals surface area contributed by atoms with Gasteiger partial charge in [-0.25, -0.2) is 4.79 Å². The zero-order chi connectivity index (χ0) is 17.0. The fourth-order valence-corrected chi connectivity index (χ4v) is 4.93. The summed E-state index contributed by atoms with van der Waals surface area (Å²) >= 11 is 0. The lowest BCUT2D eigenvalue weighted by atomic mass is 10.2. The highest BCUT2D eigenvalue weighted by molar-refractivity contribution is 6.60. The number of rotatable bonds is 13. The van der Waals surface area contributed by atoms with Gasteiger partial charge in [0.1, 0.15) is 0 Å². The predicted octanol–water partition coefficient (Wildman–Crippen LogP) is 3.71. The maximum absolute atomic E-state index is 11.3. The molecular formula is C16H32O5Si. The summed E-state index contributed by atoms with van der Waals surface area (Å²) in [5.41, 5.74) is 0.423. The van der Waals surface area contributed by atoms with Crippen molar-refractivity contribution in [3.63, 3.8) is 0 Å². The smallest absolute Gasteiger partial charge is 0.462 e. The summed E-state index contributed by atoms with van der Waals surface area (Å²) in [6.45, 7) is 14.8. The highest BCUT2D eigenvalue weighted by Crippen LogP contribution is 2.21. The van der Waals surface area contributed by atoms with E-state index >= 15 is 0 Å². The summed E-state index contributed by atoms with van der Waals surface area (Å²) in [6.07, 6.45) is 2.52. The van der Waals surface area contributed by atoms with Gasteiger partial charge in [-0.2, -0.15) is 0 Å². The molecule has 0 aliphatic heterocycles. The largest absolute Gasteiger partial charge is 0.501 e. The van der Waals surface area contributed by atoms with Crippen LogP contribution in [0.3, 0.4) is 0 Å². The van der Waals surface area contributed by atoms with Gasteiger partial charge in [0.05, 0.1) is 6.61 Å². The number of carbonyl (C=O) groups excluding carboxylic acids is 1.